The van der Waals surface area contributed by atoms with Gasteiger partial charge in [-0.1, -0.05) is 30.3 Å². The van der Waals surface area contributed by atoms with E-state index in [-0.39, 0.29) is 5.88 Å². The standard InChI is InChI=1S/C14H14ClNO2/c15-8-14(17)13-7-6-12(9-16-13)18-10-11-4-2-1-3-5-11/h1-7,9,14,17H,8,10H2. The molecule has 94 valence electrons. The van der Waals surface area contributed by atoms with Gasteiger partial charge in [0.2, 0.25) is 0 Å². The summed E-state index contributed by atoms with van der Waals surface area (Å²) in [4.78, 5) is 4.10. The lowest BCUT2D eigenvalue weighted by Crippen LogP contribution is -2.02. The fourth-order valence-corrected chi connectivity index (χ4v) is 1.65. The number of benzene rings is 1. The number of aliphatic hydroxyl groups excluding tert-OH is 1. The van der Waals surface area contributed by atoms with Gasteiger partial charge in [-0.25, -0.2) is 0 Å². The highest BCUT2D eigenvalue weighted by Crippen LogP contribution is 2.16. The SMILES string of the molecule is OC(CCl)c1ccc(OCc2ccccc2)cn1. The molecule has 1 N–H and O–H groups in total. The van der Waals surface area contributed by atoms with E-state index in [4.69, 9.17) is 16.3 Å². The monoisotopic (exact) mass is 263 g/mol. The number of ether oxygens (including phenoxy) is 1. The third-order valence-electron chi connectivity index (χ3n) is 2.50. The lowest BCUT2D eigenvalue weighted by Gasteiger charge is -2.08. The summed E-state index contributed by atoms with van der Waals surface area (Å²) in [5, 5.41) is 9.49. The summed E-state index contributed by atoms with van der Waals surface area (Å²) in [7, 11) is 0. The molecule has 0 aliphatic rings. The predicted molar refractivity (Wildman–Crippen MR) is 70.7 cm³/mol. The lowest BCUT2D eigenvalue weighted by molar-refractivity contribution is 0.197. The summed E-state index contributed by atoms with van der Waals surface area (Å²) in [6.45, 7) is 0.500. The molecule has 18 heavy (non-hydrogen) atoms. The maximum atomic E-state index is 9.49. The Bertz CT molecular complexity index is 473. The summed E-state index contributed by atoms with van der Waals surface area (Å²) in [5.74, 6) is 0.807. The highest BCUT2D eigenvalue weighted by Gasteiger charge is 2.07. The van der Waals surface area contributed by atoms with Crippen molar-refractivity contribution in [1.29, 1.82) is 0 Å². The largest absolute Gasteiger partial charge is 0.487 e. The maximum Gasteiger partial charge on any atom is 0.138 e. The topological polar surface area (TPSA) is 42.4 Å². The first-order valence-electron chi connectivity index (χ1n) is 5.66. The van der Waals surface area contributed by atoms with E-state index >= 15 is 0 Å². The summed E-state index contributed by atoms with van der Waals surface area (Å²) < 4.78 is 5.58. The van der Waals surface area contributed by atoms with Crippen LogP contribution in [0.5, 0.6) is 5.75 Å². The Morgan fingerprint density at radius 1 is 1.17 bits per heavy atom. The Kier molecular flexibility index (Phi) is 4.56. The smallest absolute Gasteiger partial charge is 0.138 e. The Hall–Kier alpha value is -1.58. The van der Waals surface area contributed by atoms with E-state index in [2.05, 4.69) is 4.98 Å². The van der Waals surface area contributed by atoms with Crippen molar-refractivity contribution in [2.45, 2.75) is 12.7 Å². The number of hydrogen-bond acceptors (Lipinski definition) is 3. The van der Waals surface area contributed by atoms with E-state index in [9.17, 15) is 5.11 Å². The molecule has 0 aliphatic heterocycles. The number of aliphatic hydroxyl groups is 1. The van der Waals surface area contributed by atoms with Crippen molar-refractivity contribution < 1.29 is 9.84 Å². The van der Waals surface area contributed by atoms with Crippen LogP contribution < -0.4 is 4.74 Å². The fourth-order valence-electron chi connectivity index (χ4n) is 1.49. The van der Waals surface area contributed by atoms with Gasteiger partial charge in [-0.05, 0) is 17.7 Å². The van der Waals surface area contributed by atoms with Gasteiger partial charge in [-0.3, -0.25) is 4.98 Å². The maximum absolute atomic E-state index is 9.49. The van der Waals surface area contributed by atoms with Crippen LogP contribution in [0.2, 0.25) is 0 Å². The first kappa shape index (κ1) is 12.9. The molecule has 4 heteroatoms. The molecule has 3 nitrogen and oxygen atoms in total. The Balaban J connectivity index is 1.94. The average molecular weight is 264 g/mol. The number of halogens is 1. The minimum atomic E-state index is -0.727. The van der Waals surface area contributed by atoms with Crippen LogP contribution in [0.25, 0.3) is 0 Å². The number of aromatic nitrogens is 1. The van der Waals surface area contributed by atoms with Gasteiger partial charge in [0.05, 0.1) is 17.8 Å². The summed E-state index contributed by atoms with van der Waals surface area (Å²) in [6.07, 6.45) is 0.864. The van der Waals surface area contributed by atoms with Crippen LogP contribution in [0.3, 0.4) is 0 Å². The molecule has 1 unspecified atom stereocenters. The molecule has 2 aromatic rings. The highest BCUT2D eigenvalue weighted by atomic mass is 35.5. The molecule has 0 fully saturated rings. The molecule has 1 atom stereocenters. The van der Waals surface area contributed by atoms with Crippen molar-refractivity contribution in [2.75, 3.05) is 5.88 Å². The fraction of sp³-hybridized carbons (Fsp3) is 0.214. The van der Waals surface area contributed by atoms with Gasteiger partial charge in [-0.15, -0.1) is 11.6 Å². The van der Waals surface area contributed by atoms with Crippen LogP contribution in [0.1, 0.15) is 17.4 Å². The summed E-state index contributed by atoms with van der Waals surface area (Å²) >= 11 is 5.55. The van der Waals surface area contributed by atoms with E-state index < -0.39 is 6.10 Å². The second-order valence-corrected chi connectivity index (χ2v) is 4.17. The number of hydrogen-bond donors (Lipinski definition) is 1. The van der Waals surface area contributed by atoms with Gasteiger partial charge < -0.3 is 9.84 Å². The Morgan fingerprint density at radius 2 is 1.94 bits per heavy atom. The zero-order chi connectivity index (χ0) is 12.8. The minimum absolute atomic E-state index is 0.136. The Morgan fingerprint density at radius 3 is 2.56 bits per heavy atom. The molecular formula is C14H14ClNO2. The zero-order valence-corrected chi connectivity index (χ0v) is 10.5. The van der Waals surface area contributed by atoms with Crippen LogP contribution in [-0.2, 0) is 6.61 Å². The molecule has 0 aliphatic carbocycles. The predicted octanol–water partition coefficient (Wildman–Crippen LogP) is 2.93. The van der Waals surface area contributed by atoms with E-state index in [1.165, 1.54) is 0 Å². The molecule has 1 heterocycles. The van der Waals surface area contributed by atoms with Crippen molar-refractivity contribution in [3.05, 3.63) is 59.9 Å². The number of pyridine rings is 1. The molecule has 0 spiro atoms. The molecule has 0 amide bonds. The van der Waals surface area contributed by atoms with Gasteiger partial charge >= 0.3 is 0 Å². The molecule has 1 aromatic carbocycles. The number of nitrogens with zero attached hydrogens (tertiary/aromatic N) is 1. The van der Waals surface area contributed by atoms with Gasteiger partial charge in [0, 0.05) is 0 Å². The molecular weight excluding hydrogens is 250 g/mol. The van der Waals surface area contributed by atoms with Crippen molar-refractivity contribution >= 4 is 11.6 Å². The van der Waals surface area contributed by atoms with Gasteiger partial charge in [0.15, 0.2) is 0 Å². The molecule has 0 bridgehead atoms. The third-order valence-corrected chi connectivity index (χ3v) is 2.79. The molecule has 0 radical (unpaired) electrons. The third kappa shape index (κ3) is 3.45. The van der Waals surface area contributed by atoms with Crippen molar-refractivity contribution in [3.63, 3.8) is 0 Å². The quantitative estimate of drug-likeness (QED) is 0.844. The van der Waals surface area contributed by atoms with Gasteiger partial charge in [0.25, 0.3) is 0 Å². The van der Waals surface area contributed by atoms with Crippen molar-refractivity contribution in [1.82, 2.24) is 4.98 Å². The van der Waals surface area contributed by atoms with Crippen molar-refractivity contribution in [3.8, 4) is 5.75 Å². The van der Waals surface area contributed by atoms with Crippen molar-refractivity contribution in [2.24, 2.45) is 0 Å². The normalized spacial score (nSPS) is 12.1. The number of rotatable bonds is 5. The number of alkyl halides is 1. The van der Waals surface area contributed by atoms with E-state index in [0.717, 1.165) is 5.56 Å². The van der Waals surface area contributed by atoms with E-state index in [1.807, 2.05) is 30.3 Å². The van der Waals surface area contributed by atoms with E-state index in [0.29, 0.717) is 18.1 Å². The van der Waals surface area contributed by atoms with Gasteiger partial charge in [0.1, 0.15) is 18.5 Å². The van der Waals surface area contributed by atoms with Gasteiger partial charge in [-0.2, -0.15) is 0 Å². The molecule has 0 saturated heterocycles. The second kappa shape index (κ2) is 6.38. The highest BCUT2D eigenvalue weighted by molar-refractivity contribution is 6.18. The first-order valence-corrected chi connectivity index (χ1v) is 6.20. The second-order valence-electron chi connectivity index (χ2n) is 3.86. The molecule has 2 rings (SSSR count). The van der Waals surface area contributed by atoms with Crippen LogP contribution in [0, 0.1) is 0 Å². The average Bonchev–Trinajstić information content (AvgIpc) is 2.46. The van der Waals surface area contributed by atoms with Crippen LogP contribution in [0.4, 0.5) is 0 Å². The van der Waals surface area contributed by atoms with E-state index in [1.54, 1.807) is 18.3 Å². The molecule has 0 saturated carbocycles. The lowest BCUT2D eigenvalue weighted by atomic mass is 10.2. The van der Waals surface area contributed by atoms with Crippen LogP contribution in [0.15, 0.2) is 48.7 Å². The zero-order valence-electron chi connectivity index (χ0n) is 9.79. The van der Waals surface area contributed by atoms with Crippen LogP contribution >= 0.6 is 11.6 Å². The molecule has 1 aromatic heterocycles. The van der Waals surface area contributed by atoms with Crippen LogP contribution in [-0.4, -0.2) is 16.0 Å². The first-order chi connectivity index (χ1) is 8.79. The minimum Gasteiger partial charge on any atom is -0.487 e. The summed E-state index contributed by atoms with van der Waals surface area (Å²) in [6, 6.07) is 13.4. The Labute approximate surface area is 111 Å². The summed E-state index contributed by atoms with van der Waals surface area (Å²) in [5.41, 5.74) is 1.65.